The van der Waals surface area contributed by atoms with Gasteiger partial charge in [0, 0.05) is 48.3 Å². The van der Waals surface area contributed by atoms with Crippen molar-refractivity contribution in [3.63, 3.8) is 0 Å². The summed E-state index contributed by atoms with van der Waals surface area (Å²) in [4.78, 5) is 27.0. The number of aromatic nitrogens is 3. The van der Waals surface area contributed by atoms with Crippen LogP contribution in [-0.2, 0) is 6.54 Å². The van der Waals surface area contributed by atoms with Crippen LogP contribution in [-0.4, -0.2) is 38.7 Å². The number of H-pyrrole nitrogens is 1. The summed E-state index contributed by atoms with van der Waals surface area (Å²) in [6, 6.07) is 9.27. The van der Waals surface area contributed by atoms with E-state index in [1.807, 2.05) is 44.5 Å². The third-order valence-electron chi connectivity index (χ3n) is 5.39. The molecule has 3 aromatic rings. The van der Waals surface area contributed by atoms with Gasteiger partial charge in [0.2, 0.25) is 0 Å². The minimum Gasteiger partial charge on any atom is -0.336 e. The molecule has 1 N–H and O–H groups in total. The van der Waals surface area contributed by atoms with Gasteiger partial charge in [-0.3, -0.25) is 14.7 Å². The molecule has 26 heavy (non-hydrogen) atoms. The number of rotatable bonds is 2. The Hall–Kier alpha value is -2.67. The topological polar surface area (TPSA) is 71.0 Å². The van der Waals surface area contributed by atoms with Crippen LogP contribution in [0.3, 0.4) is 0 Å². The average molecular weight is 366 g/mol. The highest BCUT2D eigenvalue weighted by molar-refractivity contribution is 7.08. The average Bonchev–Trinajstić information content (AvgIpc) is 3.33. The molecular formula is C19H18N4O2S. The second-order valence-corrected chi connectivity index (χ2v) is 7.87. The number of hydrogen-bond acceptors (Lipinski definition) is 4. The molecule has 1 amide bonds. The third kappa shape index (κ3) is 2.50. The van der Waals surface area contributed by atoms with Crippen LogP contribution in [0.25, 0.3) is 11.3 Å². The van der Waals surface area contributed by atoms with Crippen molar-refractivity contribution < 1.29 is 4.79 Å². The van der Waals surface area contributed by atoms with E-state index >= 15 is 0 Å². The van der Waals surface area contributed by atoms with Crippen molar-refractivity contribution in [2.45, 2.75) is 18.9 Å². The first-order valence-electron chi connectivity index (χ1n) is 8.76. The van der Waals surface area contributed by atoms with Crippen LogP contribution in [0.5, 0.6) is 0 Å². The zero-order valence-corrected chi connectivity index (χ0v) is 14.9. The van der Waals surface area contributed by atoms with E-state index in [1.54, 1.807) is 17.4 Å². The maximum absolute atomic E-state index is 13.0. The second kappa shape index (κ2) is 5.95. The summed E-state index contributed by atoms with van der Waals surface area (Å²) in [5, 5.41) is 11.2. The first-order valence-corrected chi connectivity index (χ1v) is 9.70. The SMILES string of the molecule is O=C(c1cc(-c2ccsc2)n[nH]1)N1C[C@@H]2C[C@H](C1)c1cccc(=O)n1C2. The summed E-state index contributed by atoms with van der Waals surface area (Å²) in [5.41, 5.74) is 3.45. The van der Waals surface area contributed by atoms with Crippen LogP contribution < -0.4 is 5.56 Å². The molecule has 1 saturated heterocycles. The van der Waals surface area contributed by atoms with Crippen LogP contribution in [0.15, 0.2) is 45.9 Å². The van der Waals surface area contributed by atoms with Crippen molar-refractivity contribution in [1.29, 1.82) is 0 Å². The van der Waals surface area contributed by atoms with Gasteiger partial charge in [-0.1, -0.05) is 6.07 Å². The number of carbonyl (C=O) groups is 1. The lowest BCUT2D eigenvalue weighted by Gasteiger charge is -2.42. The normalized spacial score (nSPS) is 21.5. The Labute approximate surface area is 154 Å². The molecule has 132 valence electrons. The number of hydrogen-bond donors (Lipinski definition) is 1. The number of likely N-dealkylation sites (tertiary alicyclic amines) is 1. The number of pyridine rings is 1. The monoisotopic (exact) mass is 366 g/mol. The molecule has 7 heteroatoms. The molecule has 0 spiro atoms. The molecule has 2 aliphatic rings. The zero-order valence-electron chi connectivity index (χ0n) is 14.1. The van der Waals surface area contributed by atoms with Gasteiger partial charge in [0.25, 0.3) is 11.5 Å². The molecule has 2 atom stereocenters. The molecular weight excluding hydrogens is 348 g/mol. The second-order valence-electron chi connectivity index (χ2n) is 7.09. The summed E-state index contributed by atoms with van der Waals surface area (Å²) >= 11 is 1.61. The number of nitrogens with one attached hydrogen (secondary N) is 1. The van der Waals surface area contributed by atoms with Gasteiger partial charge in [-0.25, -0.2) is 0 Å². The van der Waals surface area contributed by atoms with Gasteiger partial charge >= 0.3 is 0 Å². The summed E-state index contributed by atoms with van der Waals surface area (Å²) in [7, 11) is 0. The van der Waals surface area contributed by atoms with Gasteiger partial charge in [0.05, 0.1) is 5.69 Å². The largest absolute Gasteiger partial charge is 0.336 e. The van der Waals surface area contributed by atoms with Crippen molar-refractivity contribution in [2.24, 2.45) is 5.92 Å². The van der Waals surface area contributed by atoms with Gasteiger partial charge in [0.1, 0.15) is 5.69 Å². The highest BCUT2D eigenvalue weighted by atomic mass is 32.1. The van der Waals surface area contributed by atoms with Crippen LogP contribution in [0.1, 0.15) is 28.5 Å². The highest BCUT2D eigenvalue weighted by Gasteiger charge is 2.36. The van der Waals surface area contributed by atoms with Gasteiger partial charge in [0.15, 0.2) is 0 Å². The minimum atomic E-state index is -0.0135. The fourth-order valence-corrected chi connectivity index (χ4v) is 4.87. The summed E-state index contributed by atoms with van der Waals surface area (Å²) in [6.07, 6.45) is 1.04. The van der Waals surface area contributed by atoms with E-state index in [2.05, 4.69) is 10.2 Å². The molecule has 3 aromatic heterocycles. The predicted octanol–water partition coefficient (Wildman–Crippen LogP) is 2.56. The minimum absolute atomic E-state index is 0.0135. The number of thiophene rings is 1. The summed E-state index contributed by atoms with van der Waals surface area (Å²) in [6.45, 7) is 2.02. The fourth-order valence-electron chi connectivity index (χ4n) is 4.22. The number of fused-ring (bicyclic) bond motifs is 4. The Morgan fingerprint density at radius 3 is 3.00 bits per heavy atom. The van der Waals surface area contributed by atoms with Crippen molar-refractivity contribution >= 4 is 17.2 Å². The van der Waals surface area contributed by atoms with Crippen molar-refractivity contribution in [3.8, 4) is 11.3 Å². The zero-order chi connectivity index (χ0) is 17.7. The smallest absolute Gasteiger partial charge is 0.271 e. The predicted molar refractivity (Wildman–Crippen MR) is 99.4 cm³/mol. The third-order valence-corrected chi connectivity index (χ3v) is 6.08. The maximum atomic E-state index is 13.0. The lowest BCUT2D eigenvalue weighted by molar-refractivity contribution is 0.0588. The van der Waals surface area contributed by atoms with E-state index < -0.39 is 0 Å². The van der Waals surface area contributed by atoms with Crippen LogP contribution >= 0.6 is 11.3 Å². The van der Waals surface area contributed by atoms with E-state index in [9.17, 15) is 9.59 Å². The van der Waals surface area contributed by atoms with Gasteiger partial charge in [-0.2, -0.15) is 16.4 Å². The maximum Gasteiger partial charge on any atom is 0.271 e. The molecule has 5 heterocycles. The molecule has 0 saturated carbocycles. The van der Waals surface area contributed by atoms with Gasteiger partial charge in [-0.15, -0.1) is 0 Å². The molecule has 0 radical (unpaired) electrons. The van der Waals surface area contributed by atoms with E-state index in [4.69, 9.17) is 0 Å². The Balaban J connectivity index is 1.41. The van der Waals surface area contributed by atoms with Crippen LogP contribution in [0.2, 0.25) is 0 Å². The van der Waals surface area contributed by atoms with Crippen molar-refractivity contribution in [2.75, 3.05) is 13.1 Å². The molecule has 0 unspecified atom stereocenters. The van der Waals surface area contributed by atoms with E-state index in [-0.39, 0.29) is 17.4 Å². The van der Waals surface area contributed by atoms with Crippen LogP contribution in [0, 0.1) is 5.92 Å². The number of nitrogens with zero attached hydrogens (tertiary/aromatic N) is 3. The Bertz CT molecular complexity index is 1020. The van der Waals surface area contributed by atoms with Crippen molar-refractivity contribution in [3.05, 3.63) is 62.8 Å². The highest BCUT2D eigenvalue weighted by Crippen LogP contribution is 2.35. The summed E-state index contributed by atoms with van der Waals surface area (Å²) < 4.78 is 1.88. The molecule has 6 nitrogen and oxygen atoms in total. The number of aromatic amines is 1. The lowest BCUT2D eigenvalue weighted by Crippen LogP contribution is -2.49. The Morgan fingerprint density at radius 1 is 1.23 bits per heavy atom. The van der Waals surface area contributed by atoms with Gasteiger partial charge < -0.3 is 9.47 Å². The molecule has 5 rings (SSSR count). The standard InChI is InChI=1S/C19H18N4O2S/c24-18-3-1-2-17-14-6-12(9-23(17)18)8-22(10-14)19(25)16-7-15(20-21-16)13-4-5-26-11-13/h1-5,7,11-12,14H,6,8-10H2,(H,20,21)/t12-,14+/m0/s1. The van der Waals surface area contributed by atoms with E-state index in [1.165, 1.54) is 0 Å². The quantitative estimate of drug-likeness (QED) is 0.758. The fraction of sp³-hybridized carbons (Fsp3) is 0.316. The Kier molecular flexibility index (Phi) is 3.56. The Morgan fingerprint density at radius 2 is 2.15 bits per heavy atom. The van der Waals surface area contributed by atoms with E-state index in [0.29, 0.717) is 31.2 Å². The number of amides is 1. The number of carbonyl (C=O) groups excluding carboxylic acids is 1. The molecule has 0 aromatic carbocycles. The van der Waals surface area contributed by atoms with Crippen molar-refractivity contribution in [1.82, 2.24) is 19.7 Å². The number of piperidine rings is 1. The molecule has 1 fully saturated rings. The van der Waals surface area contributed by atoms with Gasteiger partial charge in [-0.05, 0) is 35.9 Å². The van der Waals surface area contributed by atoms with Crippen LogP contribution in [0.4, 0.5) is 0 Å². The first-order chi connectivity index (χ1) is 12.7. The molecule has 2 aliphatic heterocycles. The first kappa shape index (κ1) is 15.6. The lowest BCUT2D eigenvalue weighted by atomic mass is 9.83. The van der Waals surface area contributed by atoms with E-state index in [0.717, 1.165) is 23.4 Å². The summed E-state index contributed by atoms with van der Waals surface area (Å²) in [5.74, 6) is 0.532. The molecule has 2 bridgehead atoms. The molecule has 0 aliphatic carbocycles.